The largest absolute Gasteiger partial charge is 0.390 e. The number of aliphatic hydroxyl groups is 1. The molecule has 0 amide bonds. The van der Waals surface area contributed by atoms with Crippen LogP contribution in [0.25, 0.3) is 0 Å². The van der Waals surface area contributed by atoms with E-state index in [1.165, 1.54) is 12.8 Å². The van der Waals surface area contributed by atoms with E-state index in [0.717, 1.165) is 18.4 Å². The fourth-order valence-electron chi connectivity index (χ4n) is 3.05. The summed E-state index contributed by atoms with van der Waals surface area (Å²) in [4.78, 5) is 0. The van der Waals surface area contributed by atoms with Crippen molar-refractivity contribution in [3.05, 3.63) is 0 Å². The van der Waals surface area contributed by atoms with Crippen molar-refractivity contribution in [1.82, 2.24) is 0 Å². The Kier molecular flexibility index (Phi) is 0.868. The lowest BCUT2D eigenvalue weighted by molar-refractivity contribution is -0.00819. The lowest BCUT2D eigenvalue weighted by atomic mass is 9.89. The van der Waals surface area contributed by atoms with Crippen LogP contribution in [0.4, 0.5) is 0 Å². The highest BCUT2D eigenvalue weighted by Crippen LogP contribution is 2.53. The van der Waals surface area contributed by atoms with Gasteiger partial charge in [0.2, 0.25) is 0 Å². The Labute approximate surface area is 60.2 Å². The second kappa shape index (κ2) is 1.56. The number of ether oxygens (including phenoxy) is 1. The molecule has 1 N–H and O–H groups in total. The van der Waals surface area contributed by atoms with Gasteiger partial charge in [0.05, 0.1) is 18.8 Å². The zero-order chi connectivity index (χ0) is 6.72. The summed E-state index contributed by atoms with van der Waals surface area (Å²) in [6.45, 7) is 0.920. The molecule has 1 saturated heterocycles. The molecule has 0 aromatic carbocycles. The van der Waals surface area contributed by atoms with Crippen LogP contribution in [0.5, 0.6) is 0 Å². The number of rotatable bonds is 0. The molecule has 4 unspecified atom stereocenters. The van der Waals surface area contributed by atoms with Crippen LogP contribution >= 0.6 is 0 Å². The maximum atomic E-state index is 9.58. The molecule has 0 aromatic heterocycles. The monoisotopic (exact) mass is 140 g/mol. The highest BCUT2D eigenvalue weighted by Gasteiger charge is 2.56. The van der Waals surface area contributed by atoms with Gasteiger partial charge < -0.3 is 9.84 Å². The van der Waals surface area contributed by atoms with E-state index in [0.29, 0.717) is 5.92 Å². The van der Waals surface area contributed by atoms with Gasteiger partial charge in [-0.2, -0.15) is 0 Å². The van der Waals surface area contributed by atoms with Crippen LogP contribution in [0.2, 0.25) is 0 Å². The van der Waals surface area contributed by atoms with Crippen molar-refractivity contribution in [2.45, 2.75) is 25.0 Å². The highest BCUT2D eigenvalue weighted by molar-refractivity contribution is 5.05. The minimum Gasteiger partial charge on any atom is -0.390 e. The first-order valence-electron chi connectivity index (χ1n) is 4.16. The van der Waals surface area contributed by atoms with E-state index in [1.54, 1.807) is 0 Å². The second-order valence-electron chi connectivity index (χ2n) is 3.94. The lowest BCUT2D eigenvalue weighted by Gasteiger charge is -2.21. The quantitative estimate of drug-likeness (QED) is 0.528. The lowest BCUT2D eigenvalue weighted by Crippen LogP contribution is -2.31. The van der Waals surface area contributed by atoms with Crippen LogP contribution < -0.4 is 0 Å². The van der Waals surface area contributed by atoms with Gasteiger partial charge in [-0.25, -0.2) is 0 Å². The van der Waals surface area contributed by atoms with Gasteiger partial charge in [0.1, 0.15) is 0 Å². The van der Waals surface area contributed by atoms with Crippen molar-refractivity contribution in [3.8, 4) is 0 Å². The summed E-state index contributed by atoms with van der Waals surface area (Å²) in [5.41, 5.74) is 0. The van der Waals surface area contributed by atoms with Crippen molar-refractivity contribution in [1.29, 1.82) is 0 Å². The highest BCUT2D eigenvalue weighted by atomic mass is 16.5. The van der Waals surface area contributed by atoms with Crippen LogP contribution in [0.1, 0.15) is 12.8 Å². The van der Waals surface area contributed by atoms with Gasteiger partial charge in [-0.3, -0.25) is 0 Å². The smallest absolute Gasteiger partial charge is 0.0868 e. The van der Waals surface area contributed by atoms with Gasteiger partial charge in [-0.1, -0.05) is 0 Å². The van der Waals surface area contributed by atoms with E-state index in [4.69, 9.17) is 4.74 Å². The molecule has 2 aliphatic carbocycles. The first-order chi connectivity index (χ1) is 4.86. The molecule has 2 nitrogen and oxygen atoms in total. The zero-order valence-electron chi connectivity index (χ0n) is 5.86. The van der Waals surface area contributed by atoms with Crippen molar-refractivity contribution < 1.29 is 9.84 Å². The standard InChI is InChI=1S/C8H12O2/c9-7-4-1-5-3-10-8(7)6(5)2-4/h4-9H,1-3H2/t4?,5?,6?,7-,8?/m1/s1. The summed E-state index contributed by atoms with van der Waals surface area (Å²) in [6, 6.07) is 0. The van der Waals surface area contributed by atoms with Crippen molar-refractivity contribution in [2.75, 3.05) is 6.61 Å². The fourth-order valence-corrected chi connectivity index (χ4v) is 3.05. The van der Waals surface area contributed by atoms with Crippen LogP contribution in [-0.4, -0.2) is 23.9 Å². The Morgan fingerprint density at radius 3 is 2.80 bits per heavy atom. The van der Waals surface area contributed by atoms with E-state index in [2.05, 4.69) is 0 Å². The number of hydrogen-bond donors (Lipinski definition) is 1. The summed E-state index contributed by atoms with van der Waals surface area (Å²) >= 11 is 0. The maximum Gasteiger partial charge on any atom is 0.0868 e. The summed E-state index contributed by atoms with van der Waals surface area (Å²) in [5.74, 6) is 2.11. The molecular weight excluding hydrogens is 128 g/mol. The maximum absolute atomic E-state index is 9.58. The van der Waals surface area contributed by atoms with Gasteiger partial charge in [-0.05, 0) is 30.6 Å². The molecule has 1 aliphatic heterocycles. The Morgan fingerprint density at radius 2 is 2.10 bits per heavy atom. The Hall–Kier alpha value is -0.0800. The van der Waals surface area contributed by atoms with Gasteiger partial charge in [-0.15, -0.1) is 0 Å². The van der Waals surface area contributed by atoms with Crippen molar-refractivity contribution in [3.63, 3.8) is 0 Å². The molecule has 2 saturated carbocycles. The first kappa shape index (κ1) is 5.56. The van der Waals surface area contributed by atoms with Crippen LogP contribution in [0, 0.1) is 17.8 Å². The summed E-state index contributed by atoms with van der Waals surface area (Å²) < 4.78 is 5.49. The molecule has 3 fully saturated rings. The third-order valence-electron chi connectivity index (χ3n) is 3.53. The molecule has 3 aliphatic rings. The van der Waals surface area contributed by atoms with E-state index in [1.807, 2.05) is 0 Å². The molecule has 10 heavy (non-hydrogen) atoms. The van der Waals surface area contributed by atoms with Crippen molar-refractivity contribution >= 4 is 0 Å². The Bertz CT molecular complexity index is 167. The van der Waals surface area contributed by atoms with Gasteiger partial charge >= 0.3 is 0 Å². The third kappa shape index (κ3) is 0.453. The van der Waals surface area contributed by atoms with E-state index < -0.39 is 0 Å². The van der Waals surface area contributed by atoms with Crippen molar-refractivity contribution in [2.24, 2.45) is 17.8 Å². The topological polar surface area (TPSA) is 29.5 Å². The molecule has 0 radical (unpaired) electrons. The van der Waals surface area contributed by atoms with E-state index in [-0.39, 0.29) is 12.2 Å². The van der Waals surface area contributed by atoms with Gasteiger partial charge in [0.25, 0.3) is 0 Å². The minimum atomic E-state index is -0.122. The van der Waals surface area contributed by atoms with Crippen LogP contribution in [-0.2, 0) is 4.74 Å². The predicted molar refractivity (Wildman–Crippen MR) is 35.5 cm³/mol. The number of hydrogen-bond acceptors (Lipinski definition) is 2. The normalized spacial score (nSPS) is 63.9. The molecule has 5 atom stereocenters. The van der Waals surface area contributed by atoms with Gasteiger partial charge in [0.15, 0.2) is 0 Å². The Morgan fingerprint density at radius 1 is 1.20 bits per heavy atom. The molecule has 0 spiro atoms. The molecule has 2 heteroatoms. The van der Waals surface area contributed by atoms with E-state index >= 15 is 0 Å². The number of aliphatic hydroxyl groups excluding tert-OH is 1. The Balaban J connectivity index is 2.00. The second-order valence-corrected chi connectivity index (χ2v) is 3.94. The summed E-state index contributed by atoms with van der Waals surface area (Å²) in [7, 11) is 0. The molecule has 1 heterocycles. The van der Waals surface area contributed by atoms with E-state index in [9.17, 15) is 5.11 Å². The molecule has 2 bridgehead atoms. The zero-order valence-corrected chi connectivity index (χ0v) is 5.86. The molecule has 3 rings (SSSR count). The fraction of sp³-hybridized carbons (Fsp3) is 1.00. The molecule has 0 aromatic rings. The van der Waals surface area contributed by atoms with Gasteiger partial charge in [0, 0.05) is 0 Å². The summed E-state index contributed by atoms with van der Waals surface area (Å²) in [5, 5.41) is 9.58. The predicted octanol–water partition coefficient (Wildman–Crippen LogP) is 0.402. The molecule has 56 valence electrons. The average molecular weight is 140 g/mol. The molecular formula is C8H12O2. The first-order valence-corrected chi connectivity index (χ1v) is 4.16. The SMILES string of the molecule is O[C@@H]1C2CC3COC1C3C2. The van der Waals surface area contributed by atoms with Crippen LogP contribution in [0.3, 0.4) is 0 Å². The van der Waals surface area contributed by atoms with Crippen LogP contribution in [0.15, 0.2) is 0 Å². The third-order valence-corrected chi connectivity index (χ3v) is 3.53. The summed E-state index contributed by atoms with van der Waals surface area (Å²) in [6.07, 6.45) is 2.56. The number of fused-ring (bicyclic) bond motifs is 1. The average Bonchev–Trinajstić information content (AvgIpc) is 2.43. The minimum absolute atomic E-state index is 0.122.